The normalized spacial score (nSPS) is 24.5. The van der Waals surface area contributed by atoms with Gasteiger partial charge in [-0.2, -0.15) is 0 Å². The number of aliphatic hydroxyl groups is 1. The molecule has 2 aromatic rings. The standard InChI is InChI=1S/C28H36N2O2/c1-22-11-15-28(31,16-12-22)25-6-8-26(29-21-25)7-3-24-4-9-27(10-5-24)32-20-19-30-17-13-23(2)14-18-30/h4-6,8-10,21-23,31H,11-20H2,1-2H3. The van der Waals surface area contributed by atoms with Gasteiger partial charge in [0, 0.05) is 23.9 Å². The number of pyridine rings is 1. The molecule has 1 aromatic carbocycles. The van der Waals surface area contributed by atoms with Crippen molar-refractivity contribution in [3.8, 4) is 17.6 Å². The van der Waals surface area contributed by atoms with Crippen LogP contribution in [0.5, 0.6) is 5.75 Å². The van der Waals surface area contributed by atoms with Gasteiger partial charge in [-0.1, -0.05) is 25.8 Å². The molecule has 2 fully saturated rings. The van der Waals surface area contributed by atoms with Crippen molar-refractivity contribution in [1.29, 1.82) is 0 Å². The zero-order valence-electron chi connectivity index (χ0n) is 19.5. The number of likely N-dealkylation sites (tertiary alicyclic amines) is 1. The lowest BCUT2D eigenvalue weighted by Crippen LogP contribution is -2.35. The van der Waals surface area contributed by atoms with Crippen molar-refractivity contribution in [3.05, 3.63) is 59.4 Å². The first-order valence-corrected chi connectivity index (χ1v) is 12.2. The van der Waals surface area contributed by atoms with E-state index in [1.54, 1.807) is 6.20 Å². The van der Waals surface area contributed by atoms with Gasteiger partial charge in [-0.3, -0.25) is 4.90 Å². The lowest BCUT2D eigenvalue weighted by Gasteiger charge is -2.35. The molecular weight excluding hydrogens is 396 g/mol. The molecule has 2 heterocycles. The minimum absolute atomic E-state index is 0.698. The molecule has 1 aliphatic carbocycles. The summed E-state index contributed by atoms with van der Waals surface area (Å²) in [5, 5.41) is 10.9. The third-order valence-corrected chi connectivity index (χ3v) is 7.14. The van der Waals surface area contributed by atoms with Gasteiger partial charge in [-0.15, -0.1) is 0 Å². The summed E-state index contributed by atoms with van der Waals surface area (Å²) in [5.74, 6) is 8.75. The van der Waals surface area contributed by atoms with Gasteiger partial charge in [-0.25, -0.2) is 4.98 Å². The molecular formula is C28H36N2O2. The minimum Gasteiger partial charge on any atom is -0.492 e. The van der Waals surface area contributed by atoms with Crippen LogP contribution in [0.25, 0.3) is 0 Å². The summed E-state index contributed by atoms with van der Waals surface area (Å²) in [5.41, 5.74) is 1.84. The first-order valence-electron chi connectivity index (χ1n) is 12.2. The highest BCUT2D eigenvalue weighted by Gasteiger charge is 2.33. The molecule has 0 atom stereocenters. The van der Waals surface area contributed by atoms with Crippen LogP contribution in [-0.4, -0.2) is 41.2 Å². The summed E-state index contributed by atoms with van der Waals surface area (Å²) < 4.78 is 5.91. The van der Waals surface area contributed by atoms with E-state index in [-0.39, 0.29) is 0 Å². The average molecular weight is 433 g/mol. The molecule has 1 aromatic heterocycles. The molecule has 4 rings (SSSR count). The molecule has 170 valence electrons. The van der Waals surface area contributed by atoms with Crippen LogP contribution in [0.15, 0.2) is 42.6 Å². The Bertz CT molecular complexity index is 911. The molecule has 4 heteroatoms. The topological polar surface area (TPSA) is 45.6 Å². The lowest BCUT2D eigenvalue weighted by molar-refractivity contribution is -0.0123. The second kappa shape index (κ2) is 10.5. The van der Waals surface area contributed by atoms with E-state index in [0.717, 1.165) is 67.3 Å². The molecule has 1 N–H and O–H groups in total. The Morgan fingerprint density at radius 1 is 0.969 bits per heavy atom. The third-order valence-electron chi connectivity index (χ3n) is 7.14. The Morgan fingerprint density at radius 2 is 1.66 bits per heavy atom. The smallest absolute Gasteiger partial charge is 0.119 e. The van der Waals surface area contributed by atoms with Crippen molar-refractivity contribution in [1.82, 2.24) is 9.88 Å². The van der Waals surface area contributed by atoms with Crippen LogP contribution >= 0.6 is 0 Å². The maximum Gasteiger partial charge on any atom is 0.119 e. The fraction of sp³-hybridized carbons (Fsp3) is 0.536. The summed E-state index contributed by atoms with van der Waals surface area (Å²) in [6.07, 6.45) is 8.14. The Hall–Kier alpha value is -2.35. The highest BCUT2D eigenvalue weighted by molar-refractivity contribution is 5.42. The van der Waals surface area contributed by atoms with Crippen LogP contribution in [0, 0.1) is 23.7 Å². The highest BCUT2D eigenvalue weighted by Crippen LogP contribution is 2.38. The minimum atomic E-state index is -0.728. The maximum absolute atomic E-state index is 10.9. The molecule has 0 bridgehead atoms. The van der Waals surface area contributed by atoms with Crippen LogP contribution in [0.2, 0.25) is 0 Å². The maximum atomic E-state index is 10.9. The fourth-order valence-corrected chi connectivity index (χ4v) is 4.62. The van der Waals surface area contributed by atoms with Gasteiger partial charge in [0.1, 0.15) is 18.1 Å². The van der Waals surface area contributed by atoms with E-state index >= 15 is 0 Å². The van der Waals surface area contributed by atoms with Gasteiger partial charge in [0.15, 0.2) is 0 Å². The van der Waals surface area contributed by atoms with Crippen LogP contribution in [0.4, 0.5) is 0 Å². The van der Waals surface area contributed by atoms with E-state index in [4.69, 9.17) is 4.74 Å². The number of hydrogen-bond acceptors (Lipinski definition) is 4. The van der Waals surface area contributed by atoms with Gasteiger partial charge in [0.2, 0.25) is 0 Å². The molecule has 2 aliphatic rings. The van der Waals surface area contributed by atoms with Gasteiger partial charge >= 0.3 is 0 Å². The third kappa shape index (κ3) is 6.12. The molecule has 1 saturated carbocycles. The van der Waals surface area contributed by atoms with Crippen molar-refractivity contribution >= 4 is 0 Å². The van der Waals surface area contributed by atoms with Crippen molar-refractivity contribution < 1.29 is 9.84 Å². The van der Waals surface area contributed by atoms with Crippen LogP contribution in [-0.2, 0) is 5.60 Å². The van der Waals surface area contributed by atoms with Crippen LogP contribution < -0.4 is 4.74 Å². The van der Waals surface area contributed by atoms with Gasteiger partial charge in [0.25, 0.3) is 0 Å². The second-order valence-electron chi connectivity index (χ2n) is 9.79. The number of hydrogen-bond donors (Lipinski definition) is 1. The highest BCUT2D eigenvalue weighted by atomic mass is 16.5. The fourth-order valence-electron chi connectivity index (χ4n) is 4.62. The Kier molecular flexibility index (Phi) is 7.50. The van der Waals surface area contributed by atoms with Crippen molar-refractivity contribution in [2.24, 2.45) is 11.8 Å². The number of aromatic nitrogens is 1. The number of nitrogens with zero attached hydrogens (tertiary/aromatic N) is 2. The first kappa shape index (κ1) is 22.8. The first-order chi connectivity index (χ1) is 15.5. The van der Waals surface area contributed by atoms with E-state index in [1.165, 1.54) is 25.9 Å². The summed E-state index contributed by atoms with van der Waals surface area (Å²) in [7, 11) is 0. The number of benzene rings is 1. The second-order valence-corrected chi connectivity index (χ2v) is 9.79. The summed E-state index contributed by atoms with van der Waals surface area (Å²) in [6.45, 7) is 8.68. The molecule has 32 heavy (non-hydrogen) atoms. The van der Waals surface area contributed by atoms with Crippen molar-refractivity contribution in [2.75, 3.05) is 26.2 Å². The summed E-state index contributed by atoms with van der Waals surface area (Å²) >= 11 is 0. The quantitative estimate of drug-likeness (QED) is 0.676. The molecule has 0 spiro atoms. The zero-order valence-corrected chi connectivity index (χ0v) is 19.5. The predicted octanol–water partition coefficient (Wildman–Crippen LogP) is 4.99. The van der Waals surface area contributed by atoms with E-state index < -0.39 is 5.60 Å². The van der Waals surface area contributed by atoms with Crippen molar-refractivity contribution in [2.45, 2.75) is 58.0 Å². The van der Waals surface area contributed by atoms with Gasteiger partial charge in [0.05, 0.1) is 5.60 Å². The van der Waals surface area contributed by atoms with Gasteiger partial charge < -0.3 is 9.84 Å². The molecule has 0 amide bonds. The van der Waals surface area contributed by atoms with Gasteiger partial charge in [-0.05, 0) is 99.7 Å². The van der Waals surface area contributed by atoms with Crippen LogP contribution in [0.3, 0.4) is 0 Å². The van der Waals surface area contributed by atoms with Crippen LogP contribution in [0.1, 0.15) is 69.2 Å². The molecule has 1 aliphatic heterocycles. The van der Waals surface area contributed by atoms with Crippen molar-refractivity contribution in [3.63, 3.8) is 0 Å². The average Bonchev–Trinajstić information content (AvgIpc) is 2.82. The Balaban J connectivity index is 1.27. The summed E-state index contributed by atoms with van der Waals surface area (Å²) in [4.78, 5) is 6.97. The monoisotopic (exact) mass is 432 g/mol. The Morgan fingerprint density at radius 3 is 2.31 bits per heavy atom. The number of piperidine rings is 1. The molecule has 1 saturated heterocycles. The van der Waals surface area contributed by atoms with E-state index in [9.17, 15) is 5.11 Å². The van der Waals surface area contributed by atoms with E-state index in [0.29, 0.717) is 5.92 Å². The summed E-state index contributed by atoms with van der Waals surface area (Å²) in [6, 6.07) is 11.8. The number of ether oxygens (including phenoxy) is 1. The predicted molar refractivity (Wildman–Crippen MR) is 129 cm³/mol. The van der Waals surface area contributed by atoms with E-state index in [2.05, 4.69) is 35.6 Å². The molecule has 4 nitrogen and oxygen atoms in total. The largest absolute Gasteiger partial charge is 0.492 e. The van der Waals surface area contributed by atoms with E-state index in [1.807, 2.05) is 36.4 Å². The SMILES string of the molecule is CC1CCN(CCOc2ccc(C#Cc3ccc(C4(O)CCC(C)CC4)cn3)cc2)CC1. The lowest BCUT2D eigenvalue weighted by atomic mass is 9.76. The zero-order chi connectivity index (χ0) is 22.4. The molecule has 0 unspecified atom stereocenters. The molecule has 0 radical (unpaired) electrons. The number of rotatable bonds is 5. The Labute approximate surface area is 193 Å².